The molecule has 0 aromatic rings. The number of amides is 1. The summed E-state index contributed by atoms with van der Waals surface area (Å²) in [4.78, 5) is 14.2. The van der Waals surface area contributed by atoms with E-state index < -0.39 is 0 Å². The van der Waals surface area contributed by atoms with Crippen molar-refractivity contribution in [2.24, 2.45) is 0 Å². The van der Waals surface area contributed by atoms with Crippen molar-refractivity contribution in [3.05, 3.63) is 12.7 Å². The zero-order valence-corrected chi connectivity index (χ0v) is 10.5. The summed E-state index contributed by atoms with van der Waals surface area (Å²) < 4.78 is 0. The zero-order valence-electron chi connectivity index (χ0n) is 10.5. The van der Waals surface area contributed by atoms with Crippen molar-refractivity contribution in [1.29, 1.82) is 0 Å². The second kappa shape index (κ2) is 6.17. The molecule has 0 aromatic carbocycles. The topological polar surface area (TPSA) is 44.4 Å². The molecule has 2 aliphatic heterocycles. The number of rotatable bonds is 5. The summed E-state index contributed by atoms with van der Waals surface area (Å²) in [6.45, 7) is 7.10. The van der Waals surface area contributed by atoms with E-state index in [1.165, 1.54) is 19.4 Å². The van der Waals surface area contributed by atoms with Gasteiger partial charge in [0.2, 0.25) is 5.91 Å². The molecule has 2 N–H and O–H groups in total. The van der Waals surface area contributed by atoms with Crippen molar-refractivity contribution in [1.82, 2.24) is 15.5 Å². The molecule has 4 heteroatoms. The van der Waals surface area contributed by atoms with E-state index in [9.17, 15) is 4.79 Å². The SMILES string of the molecule is C=CCNCC(=O)NC1CCN2CCCC2C1. The lowest BCUT2D eigenvalue weighted by Gasteiger charge is -2.35. The van der Waals surface area contributed by atoms with Gasteiger partial charge in [0.25, 0.3) is 0 Å². The first kappa shape index (κ1) is 12.6. The molecule has 2 atom stereocenters. The van der Waals surface area contributed by atoms with Crippen molar-refractivity contribution in [3.63, 3.8) is 0 Å². The Balaban J connectivity index is 1.68. The van der Waals surface area contributed by atoms with E-state index in [-0.39, 0.29) is 5.91 Å². The molecule has 1 amide bonds. The average molecular weight is 237 g/mol. The van der Waals surface area contributed by atoms with Crippen LogP contribution in [-0.2, 0) is 4.79 Å². The van der Waals surface area contributed by atoms with Gasteiger partial charge in [-0.25, -0.2) is 0 Å². The van der Waals surface area contributed by atoms with Crippen LogP contribution in [0.2, 0.25) is 0 Å². The lowest BCUT2D eigenvalue weighted by atomic mass is 9.97. The zero-order chi connectivity index (χ0) is 12.1. The molecule has 0 saturated carbocycles. The molecule has 96 valence electrons. The van der Waals surface area contributed by atoms with Crippen LogP contribution in [-0.4, -0.2) is 49.1 Å². The number of nitrogens with one attached hydrogen (secondary N) is 2. The molecule has 2 rings (SSSR count). The number of nitrogens with zero attached hydrogens (tertiary/aromatic N) is 1. The molecule has 2 saturated heterocycles. The minimum absolute atomic E-state index is 0.114. The molecule has 0 aliphatic carbocycles. The molecule has 17 heavy (non-hydrogen) atoms. The lowest BCUT2D eigenvalue weighted by Crippen LogP contribution is -2.49. The quantitative estimate of drug-likeness (QED) is 0.541. The predicted octanol–water partition coefficient (Wildman–Crippen LogP) is 0.505. The first-order valence-corrected chi connectivity index (χ1v) is 6.64. The van der Waals surface area contributed by atoms with Gasteiger partial charge in [-0.3, -0.25) is 4.79 Å². The van der Waals surface area contributed by atoms with Gasteiger partial charge >= 0.3 is 0 Å². The lowest BCUT2D eigenvalue weighted by molar-refractivity contribution is -0.121. The number of hydrogen-bond acceptors (Lipinski definition) is 3. The maximum absolute atomic E-state index is 11.7. The largest absolute Gasteiger partial charge is 0.352 e. The second-order valence-electron chi connectivity index (χ2n) is 5.04. The fraction of sp³-hybridized carbons (Fsp3) is 0.769. The summed E-state index contributed by atoms with van der Waals surface area (Å²) in [5, 5.41) is 6.16. The molecule has 0 radical (unpaired) electrons. The second-order valence-corrected chi connectivity index (χ2v) is 5.04. The van der Waals surface area contributed by atoms with Gasteiger partial charge in [0.05, 0.1) is 6.54 Å². The molecule has 2 unspecified atom stereocenters. The van der Waals surface area contributed by atoms with Crippen LogP contribution in [0.4, 0.5) is 0 Å². The Kier molecular flexibility index (Phi) is 4.57. The molecular formula is C13H23N3O. The van der Waals surface area contributed by atoms with E-state index in [1.807, 2.05) is 0 Å². The minimum atomic E-state index is 0.114. The van der Waals surface area contributed by atoms with Crippen molar-refractivity contribution in [2.45, 2.75) is 37.8 Å². The highest BCUT2D eigenvalue weighted by Gasteiger charge is 2.31. The predicted molar refractivity (Wildman–Crippen MR) is 68.8 cm³/mol. The van der Waals surface area contributed by atoms with Gasteiger partial charge in [-0.1, -0.05) is 6.08 Å². The van der Waals surface area contributed by atoms with E-state index in [2.05, 4.69) is 22.1 Å². The summed E-state index contributed by atoms with van der Waals surface area (Å²) in [5.74, 6) is 0.114. The van der Waals surface area contributed by atoms with Crippen LogP contribution in [0.3, 0.4) is 0 Å². The minimum Gasteiger partial charge on any atom is -0.352 e. The van der Waals surface area contributed by atoms with E-state index in [0.29, 0.717) is 19.1 Å². The van der Waals surface area contributed by atoms with Gasteiger partial charge in [0.15, 0.2) is 0 Å². The van der Waals surface area contributed by atoms with Crippen molar-refractivity contribution in [3.8, 4) is 0 Å². The Morgan fingerprint density at radius 3 is 3.12 bits per heavy atom. The highest BCUT2D eigenvalue weighted by Crippen LogP contribution is 2.26. The monoisotopic (exact) mass is 237 g/mol. The third-order valence-electron chi connectivity index (χ3n) is 3.76. The molecule has 2 heterocycles. The number of hydrogen-bond donors (Lipinski definition) is 2. The number of carbonyl (C=O) groups excluding carboxylic acids is 1. The van der Waals surface area contributed by atoms with Gasteiger partial charge in [-0.2, -0.15) is 0 Å². The summed E-state index contributed by atoms with van der Waals surface area (Å²) in [5.41, 5.74) is 0. The van der Waals surface area contributed by atoms with Crippen molar-refractivity contribution in [2.75, 3.05) is 26.2 Å². The third kappa shape index (κ3) is 3.54. The Morgan fingerprint density at radius 2 is 2.29 bits per heavy atom. The first-order chi connectivity index (χ1) is 8.29. The molecule has 0 spiro atoms. The highest BCUT2D eigenvalue weighted by atomic mass is 16.1. The van der Waals surface area contributed by atoms with Crippen LogP contribution in [0, 0.1) is 0 Å². The van der Waals surface area contributed by atoms with E-state index >= 15 is 0 Å². The summed E-state index contributed by atoms with van der Waals surface area (Å²) in [6.07, 6.45) is 6.63. The van der Waals surface area contributed by atoms with Gasteiger partial charge < -0.3 is 15.5 Å². The molecule has 2 aliphatic rings. The van der Waals surface area contributed by atoms with Crippen molar-refractivity contribution >= 4 is 5.91 Å². The van der Waals surface area contributed by atoms with Gasteiger partial charge in [-0.15, -0.1) is 6.58 Å². The van der Waals surface area contributed by atoms with Crippen LogP contribution in [0.5, 0.6) is 0 Å². The third-order valence-corrected chi connectivity index (χ3v) is 3.76. The van der Waals surface area contributed by atoms with Gasteiger partial charge in [0.1, 0.15) is 0 Å². The summed E-state index contributed by atoms with van der Waals surface area (Å²) in [6, 6.07) is 1.10. The summed E-state index contributed by atoms with van der Waals surface area (Å²) >= 11 is 0. The highest BCUT2D eigenvalue weighted by molar-refractivity contribution is 5.78. The standard InChI is InChI=1S/C13H23N3O/c1-2-6-14-10-13(17)15-11-5-8-16-7-3-4-12(16)9-11/h2,11-12,14H,1,3-10H2,(H,15,17). The first-order valence-electron chi connectivity index (χ1n) is 6.64. The summed E-state index contributed by atoms with van der Waals surface area (Å²) in [7, 11) is 0. The molecular weight excluding hydrogens is 214 g/mol. The molecule has 0 bridgehead atoms. The molecule has 0 aromatic heterocycles. The Labute approximate surface area is 103 Å². The molecule has 2 fully saturated rings. The average Bonchev–Trinajstić information content (AvgIpc) is 2.76. The Hall–Kier alpha value is -0.870. The van der Waals surface area contributed by atoms with Crippen LogP contribution < -0.4 is 10.6 Å². The number of fused-ring (bicyclic) bond motifs is 1. The fourth-order valence-corrected chi connectivity index (χ4v) is 2.92. The Morgan fingerprint density at radius 1 is 1.41 bits per heavy atom. The van der Waals surface area contributed by atoms with Gasteiger partial charge in [0, 0.05) is 25.2 Å². The van der Waals surface area contributed by atoms with Gasteiger partial charge in [-0.05, 0) is 32.2 Å². The van der Waals surface area contributed by atoms with Crippen LogP contribution in [0.1, 0.15) is 25.7 Å². The normalized spacial score (nSPS) is 28.7. The van der Waals surface area contributed by atoms with E-state index in [4.69, 9.17) is 0 Å². The maximum atomic E-state index is 11.7. The van der Waals surface area contributed by atoms with E-state index in [1.54, 1.807) is 6.08 Å². The van der Waals surface area contributed by atoms with Crippen LogP contribution in [0.15, 0.2) is 12.7 Å². The smallest absolute Gasteiger partial charge is 0.234 e. The van der Waals surface area contributed by atoms with Crippen LogP contribution in [0.25, 0.3) is 0 Å². The maximum Gasteiger partial charge on any atom is 0.234 e. The van der Waals surface area contributed by atoms with Crippen molar-refractivity contribution < 1.29 is 4.79 Å². The number of piperidine rings is 1. The number of carbonyl (C=O) groups is 1. The van der Waals surface area contributed by atoms with Crippen LogP contribution >= 0.6 is 0 Å². The van der Waals surface area contributed by atoms with E-state index in [0.717, 1.165) is 25.4 Å². The Bertz CT molecular complexity index is 280. The molecule has 4 nitrogen and oxygen atoms in total. The fourth-order valence-electron chi connectivity index (χ4n) is 2.92.